The maximum Gasteiger partial charge on any atom is 0.258 e. The molecule has 26 heavy (non-hydrogen) atoms. The van der Waals surface area contributed by atoms with Gasteiger partial charge >= 0.3 is 0 Å². The van der Waals surface area contributed by atoms with Gasteiger partial charge in [-0.05, 0) is 42.0 Å². The van der Waals surface area contributed by atoms with Crippen LogP contribution in [0.1, 0.15) is 15.9 Å². The third-order valence-corrected chi connectivity index (χ3v) is 5.08. The van der Waals surface area contributed by atoms with Crippen molar-refractivity contribution in [3.8, 4) is 0 Å². The van der Waals surface area contributed by atoms with Crippen LogP contribution in [0.5, 0.6) is 0 Å². The van der Waals surface area contributed by atoms with E-state index in [9.17, 15) is 17.8 Å². The van der Waals surface area contributed by atoms with Gasteiger partial charge in [0.05, 0.1) is 22.1 Å². The lowest BCUT2D eigenvalue weighted by Gasteiger charge is -2.08. The highest BCUT2D eigenvalue weighted by Crippen LogP contribution is 2.17. The van der Waals surface area contributed by atoms with E-state index in [0.29, 0.717) is 17.5 Å². The zero-order valence-corrected chi connectivity index (χ0v) is 14.4. The smallest absolute Gasteiger partial charge is 0.258 e. The zero-order chi connectivity index (χ0) is 18.5. The van der Waals surface area contributed by atoms with Gasteiger partial charge in [0.25, 0.3) is 5.91 Å². The molecular formula is C20H15F2NO2S. The van der Waals surface area contributed by atoms with Crippen molar-refractivity contribution in [3.05, 3.63) is 95.6 Å². The molecule has 3 nitrogen and oxygen atoms in total. The normalized spacial score (nSPS) is 11.8. The number of amides is 1. The van der Waals surface area contributed by atoms with Crippen molar-refractivity contribution >= 4 is 22.4 Å². The minimum atomic E-state index is -1.16. The van der Waals surface area contributed by atoms with Crippen LogP contribution in [0.25, 0.3) is 0 Å². The molecular weight excluding hydrogens is 356 g/mol. The van der Waals surface area contributed by atoms with Crippen molar-refractivity contribution < 1.29 is 17.8 Å². The number of halogens is 2. The standard InChI is InChI=1S/C20H15F2NO2S/c21-15-8-11-18(19(22)12-15)20(24)23-16-9-6-14(7-10-16)13-26(25)17-4-2-1-3-5-17/h1-12H,13H2,(H,23,24)/t26-/m0/s1. The molecule has 0 aliphatic carbocycles. The second kappa shape index (κ2) is 8.01. The quantitative estimate of drug-likeness (QED) is 0.716. The molecule has 132 valence electrons. The molecule has 0 bridgehead atoms. The van der Waals surface area contributed by atoms with Crippen LogP contribution in [-0.4, -0.2) is 10.1 Å². The first-order valence-corrected chi connectivity index (χ1v) is 9.13. The molecule has 1 atom stereocenters. The predicted octanol–water partition coefficient (Wildman–Crippen LogP) is 4.52. The van der Waals surface area contributed by atoms with Crippen LogP contribution in [0.4, 0.5) is 14.5 Å². The van der Waals surface area contributed by atoms with E-state index in [4.69, 9.17) is 0 Å². The lowest BCUT2D eigenvalue weighted by Crippen LogP contribution is -2.14. The molecule has 0 fully saturated rings. The van der Waals surface area contributed by atoms with E-state index in [2.05, 4.69) is 5.32 Å². The lowest BCUT2D eigenvalue weighted by molar-refractivity contribution is 0.102. The van der Waals surface area contributed by atoms with E-state index in [1.165, 1.54) is 0 Å². The summed E-state index contributed by atoms with van der Waals surface area (Å²) < 4.78 is 38.8. The molecule has 0 saturated carbocycles. The number of nitrogens with one attached hydrogen (secondary N) is 1. The first-order chi connectivity index (χ1) is 12.5. The van der Waals surface area contributed by atoms with Crippen LogP contribution in [0.2, 0.25) is 0 Å². The topological polar surface area (TPSA) is 46.2 Å². The van der Waals surface area contributed by atoms with Crippen molar-refractivity contribution in [1.29, 1.82) is 0 Å². The van der Waals surface area contributed by atoms with Crippen LogP contribution in [0.15, 0.2) is 77.7 Å². The van der Waals surface area contributed by atoms with Crippen molar-refractivity contribution in [2.45, 2.75) is 10.6 Å². The second-order valence-electron chi connectivity index (χ2n) is 5.58. The molecule has 0 radical (unpaired) electrons. The third-order valence-electron chi connectivity index (χ3n) is 3.69. The number of carbonyl (C=O) groups is 1. The van der Waals surface area contributed by atoms with Crippen molar-refractivity contribution in [2.24, 2.45) is 0 Å². The number of hydrogen-bond acceptors (Lipinski definition) is 2. The average molecular weight is 371 g/mol. The summed E-state index contributed by atoms with van der Waals surface area (Å²) in [7, 11) is -1.16. The highest BCUT2D eigenvalue weighted by atomic mass is 32.2. The number of rotatable bonds is 5. The van der Waals surface area contributed by atoms with Gasteiger partial charge in [0.2, 0.25) is 0 Å². The van der Waals surface area contributed by atoms with Crippen molar-refractivity contribution in [2.75, 3.05) is 5.32 Å². The summed E-state index contributed by atoms with van der Waals surface area (Å²) >= 11 is 0. The maximum absolute atomic E-state index is 13.6. The molecule has 0 aliphatic rings. The van der Waals surface area contributed by atoms with Gasteiger partial charge in [0, 0.05) is 16.6 Å². The number of hydrogen-bond donors (Lipinski definition) is 1. The third kappa shape index (κ3) is 4.40. The summed E-state index contributed by atoms with van der Waals surface area (Å²) in [5, 5.41) is 2.55. The van der Waals surface area contributed by atoms with Crippen LogP contribution in [0.3, 0.4) is 0 Å². The summed E-state index contributed by atoms with van der Waals surface area (Å²) in [6, 6.07) is 18.7. The average Bonchev–Trinajstić information content (AvgIpc) is 2.64. The van der Waals surface area contributed by atoms with Gasteiger partial charge in [0.15, 0.2) is 0 Å². The van der Waals surface area contributed by atoms with Gasteiger partial charge in [-0.1, -0.05) is 30.3 Å². The summed E-state index contributed by atoms with van der Waals surface area (Å²) in [4.78, 5) is 12.8. The van der Waals surface area contributed by atoms with Gasteiger partial charge in [0.1, 0.15) is 11.6 Å². The Balaban J connectivity index is 1.66. The largest absolute Gasteiger partial charge is 0.322 e. The van der Waals surface area contributed by atoms with E-state index in [1.54, 1.807) is 24.3 Å². The van der Waals surface area contributed by atoms with Crippen molar-refractivity contribution in [3.63, 3.8) is 0 Å². The molecule has 0 aromatic heterocycles. The Morgan fingerprint density at radius 3 is 2.27 bits per heavy atom. The molecule has 3 aromatic carbocycles. The van der Waals surface area contributed by atoms with E-state index >= 15 is 0 Å². The molecule has 3 aromatic rings. The molecule has 6 heteroatoms. The SMILES string of the molecule is O=C(Nc1ccc(C[S@](=O)c2ccccc2)cc1)c1ccc(F)cc1F. The first kappa shape index (κ1) is 17.9. The number of carbonyl (C=O) groups excluding carboxylic acids is 1. The fourth-order valence-electron chi connectivity index (χ4n) is 2.36. The molecule has 0 saturated heterocycles. The molecule has 1 N–H and O–H groups in total. The fraction of sp³-hybridized carbons (Fsp3) is 0.0500. The molecule has 3 rings (SSSR count). The van der Waals surface area contributed by atoms with E-state index in [-0.39, 0.29) is 5.56 Å². The monoisotopic (exact) mass is 371 g/mol. The predicted molar refractivity (Wildman–Crippen MR) is 97.3 cm³/mol. The van der Waals surface area contributed by atoms with Gasteiger partial charge in [-0.25, -0.2) is 8.78 Å². The Morgan fingerprint density at radius 2 is 1.62 bits per heavy atom. The molecule has 0 unspecified atom stereocenters. The van der Waals surface area contributed by atoms with Crippen LogP contribution in [0, 0.1) is 11.6 Å². The van der Waals surface area contributed by atoms with Gasteiger partial charge in [-0.2, -0.15) is 0 Å². The number of benzene rings is 3. The zero-order valence-electron chi connectivity index (χ0n) is 13.6. The Kier molecular flexibility index (Phi) is 5.53. The van der Waals surface area contributed by atoms with Crippen LogP contribution >= 0.6 is 0 Å². The van der Waals surface area contributed by atoms with E-state index < -0.39 is 28.3 Å². The highest BCUT2D eigenvalue weighted by Gasteiger charge is 2.13. The van der Waals surface area contributed by atoms with Crippen LogP contribution in [-0.2, 0) is 16.6 Å². The molecule has 1 amide bonds. The van der Waals surface area contributed by atoms with E-state index in [1.807, 2.05) is 30.3 Å². The van der Waals surface area contributed by atoms with Gasteiger partial charge in [-0.3, -0.25) is 9.00 Å². The van der Waals surface area contributed by atoms with E-state index in [0.717, 1.165) is 22.6 Å². The number of anilines is 1. The fourth-order valence-corrected chi connectivity index (χ4v) is 3.49. The summed E-state index contributed by atoms with van der Waals surface area (Å²) in [5.41, 5.74) is 1.08. The summed E-state index contributed by atoms with van der Waals surface area (Å²) in [6.07, 6.45) is 0. The van der Waals surface area contributed by atoms with Crippen LogP contribution < -0.4 is 5.32 Å². The Hall–Kier alpha value is -2.86. The highest BCUT2D eigenvalue weighted by molar-refractivity contribution is 7.84. The second-order valence-corrected chi connectivity index (χ2v) is 7.03. The maximum atomic E-state index is 13.6. The molecule has 0 aliphatic heterocycles. The minimum absolute atomic E-state index is 0.236. The first-order valence-electron chi connectivity index (χ1n) is 7.82. The summed E-state index contributed by atoms with van der Waals surface area (Å²) in [6.45, 7) is 0. The van der Waals surface area contributed by atoms with Crippen molar-refractivity contribution in [1.82, 2.24) is 0 Å². The summed E-state index contributed by atoms with van der Waals surface area (Å²) in [5.74, 6) is -1.97. The van der Waals surface area contributed by atoms with Gasteiger partial charge in [-0.15, -0.1) is 0 Å². The molecule has 0 spiro atoms. The minimum Gasteiger partial charge on any atom is -0.322 e. The Bertz CT molecular complexity index is 944. The Morgan fingerprint density at radius 1 is 0.923 bits per heavy atom. The lowest BCUT2D eigenvalue weighted by atomic mass is 10.1. The van der Waals surface area contributed by atoms with Gasteiger partial charge < -0.3 is 5.32 Å². The Labute approximate surface area is 152 Å². The molecule has 0 heterocycles.